The average Bonchev–Trinajstić information content (AvgIpc) is 2.43. The van der Waals surface area contributed by atoms with E-state index in [-0.39, 0.29) is 5.46 Å². The monoisotopic (exact) mass is 285 g/mol. The van der Waals surface area contributed by atoms with Gasteiger partial charge < -0.3 is 19.5 Å². The van der Waals surface area contributed by atoms with E-state index < -0.39 is 12.9 Å². The first kappa shape index (κ1) is 17.1. The van der Waals surface area contributed by atoms with E-state index in [1.54, 1.807) is 20.3 Å². The maximum atomic E-state index is 13.2. The molecule has 0 unspecified atom stereocenters. The van der Waals surface area contributed by atoms with Crippen LogP contribution in [-0.4, -0.2) is 62.6 Å². The molecule has 0 aliphatic carbocycles. The predicted octanol–water partition coefficient (Wildman–Crippen LogP) is -0.400. The minimum Gasteiger partial charge on any atom is -0.423 e. The van der Waals surface area contributed by atoms with Gasteiger partial charge in [-0.25, -0.2) is 4.39 Å². The van der Waals surface area contributed by atoms with Crippen LogP contribution in [0.2, 0.25) is 0 Å². The van der Waals surface area contributed by atoms with Gasteiger partial charge >= 0.3 is 7.12 Å². The quantitative estimate of drug-likeness (QED) is 0.605. The Morgan fingerprint density at radius 3 is 2.25 bits per heavy atom. The molecule has 0 radical (unpaired) electrons. The van der Waals surface area contributed by atoms with Gasteiger partial charge in [-0.2, -0.15) is 0 Å². The van der Waals surface area contributed by atoms with E-state index in [1.165, 1.54) is 6.07 Å². The van der Waals surface area contributed by atoms with Crippen molar-refractivity contribution in [1.29, 1.82) is 0 Å². The summed E-state index contributed by atoms with van der Waals surface area (Å²) in [4.78, 5) is 2.05. The Balaban J connectivity index is 2.80. The van der Waals surface area contributed by atoms with Crippen molar-refractivity contribution in [3.8, 4) is 0 Å². The highest BCUT2D eigenvalue weighted by Gasteiger charge is 2.18. The number of rotatable bonds is 9. The number of benzene rings is 1. The van der Waals surface area contributed by atoms with Gasteiger partial charge in [0.05, 0.1) is 13.2 Å². The number of methoxy groups -OCH3 is 2. The van der Waals surface area contributed by atoms with Gasteiger partial charge in [0.25, 0.3) is 0 Å². The standard InChI is InChI=1S/C13H21BFNO4/c1-19-7-5-16(6-8-20-2)10-11-3-4-12(15)9-13(11)14(17)18/h3-4,9,17-18H,5-8,10H2,1-2H3. The number of nitrogens with zero attached hydrogens (tertiary/aromatic N) is 1. The number of halogens is 1. The molecule has 0 saturated carbocycles. The molecule has 20 heavy (non-hydrogen) atoms. The second kappa shape index (κ2) is 9.04. The number of hydrogen-bond acceptors (Lipinski definition) is 5. The topological polar surface area (TPSA) is 62.2 Å². The molecular weight excluding hydrogens is 264 g/mol. The largest absolute Gasteiger partial charge is 0.488 e. The van der Waals surface area contributed by atoms with E-state index in [1.807, 2.05) is 4.90 Å². The van der Waals surface area contributed by atoms with Crippen molar-refractivity contribution in [2.45, 2.75) is 6.54 Å². The van der Waals surface area contributed by atoms with Gasteiger partial charge in [-0.1, -0.05) is 6.07 Å². The van der Waals surface area contributed by atoms with Crippen LogP contribution in [0.1, 0.15) is 5.56 Å². The molecule has 2 N–H and O–H groups in total. The van der Waals surface area contributed by atoms with Crippen LogP contribution < -0.4 is 5.46 Å². The van der Waals surface area contributed by atoms with Crippen molar-refractivity contribution in [1.82, 2.24) is 4.90 Å². The van der Waals surface area contributed by atoms with Crippen molar-refractivity contribution < 1.29 is 23.9 Å². The molecule has 0 fully saturated rings. The fourth-order valence-electron chi connectivity index (χ4n) is 1.90. The van der Waals surface area contributed by atoms with Crippen molar-refractivity contribution in [3.63, 3.8) is 0 Å². The highest BCUT2D eigenvalue weighted by Crippen LogP contribution is 2.06. The summed E-state index contributed by atoms with van der Waals surface area (Å²) in [5, 5.41) is 18.6. The highest BCUT2D eigenvalue weighted by molar-refractivity contribution is 6.59. The summed E-state index contributed by atoms with van der Waals surface area (Å²) in [6.45, 7) is 2.94. The first-order valence-corrected chi connectivity index (χ1v) is 6.43. The summed E-state index contributed by atoms with van der Waals surface area (Å²) >= 11 is 0. The lowest BCUT2D eigenvalue weighted by molar-refractivity contribution is 0.110. The number of ether oxygens (including phenoxy) is 2. The zero-order chi connectivity index (χ0) is 15.0. The van der Waals surface area contributed by atoms with Crippen molar-refractivity contribution in [2.24, 2.45) is 0 Å². The summed E-state index contributed by atoms with van der Waals surface area (Å²) in [6.07, 6.45) is 0. The predicted molar refractivity (Wildman–Crippen MR) is 75.3 cm³/mol. The summed E-state index contributed by atoms with van der Waals surface area (Å²) in [5.74, 6) is -0.489. The van der Waals surface area contributed by atoms with E-state index in [9.17, 15) is 14.4 Å². The van der Waals surface area contributed by atoms with Crippen LogP contribution in [0.25, 0.3) is 0 Å². The van der Waals surface area contributed by atoms with E-state index in [0.717, 1.165) is 6.07 Å². The molecule has 112 valence electrons. The molecule has 7 heteroatoms. The number of hydrogen-bond donors (Lipinski definition) is 2. The fourth-order valence-corrected chi connectivity index (χ4v) is 1.90. The molecule has 5 nitrogen and oxygen atoms in total. The molecule has 0 aliphatic rings. The maximum absolute atomic E-state index is 13.2. The van der Waals surface area contributed by atoms with Crippen molar-refractivity contribution in [2.75, 3.05) is 40.5 Å². The third kappa shape index (κ3) is 5.56. The Kier molecular flexibility index (Phi) is 7.72. The van der Waals surface area contributed by atoms with Crippen LogP contribution in [0.15, 0.2) is 18.2 Å². The van der Waals surface area contributed by atoms with E-state index in [4.69, 9.17) is 9.47 Å². The lowest BCUT2D eigenvalue weighted by Gasteiger charge is -2.23. The normalized spacial score (nSPS) is 11.1. The molecule has 0 amide bonds. The minimum atomic E-state index is -1.69. The summed E-state index contributed by atoms with van der Waals surface area (Å²) in [7, 11) is 1.55. The Bertz CT molecular complexity index is 398. The molecule has 0 heterocycles. The lowest BCUT2D eigenvalue weighted by atomic mass is 9.77. The van der Waals surface area contributed by atoms with Crippen LogP contribution >= 0.6 is 0 Å². The van der Waals surface area contributed by atoms with Gasteiger partial charge in [-0.15, -0.1) is 0 Å². The lowest BCUT2D eigenvalue weighted by Crippen LogP contribution is -2.37. The van der Waals surface area contributed by atoms with Gasteiger partial charge in [0.2, 0.25) is 0 Å². The Morgan fingerprint density at radius 2 is 1.75 bits per heavy atom. The Morgan fingerprint density at radius 1 is 1.15 bits per heavy atom. The van der Waals surface area contributed by atoms with Crippen LogP contribution in [0, 0.1) is 5.82 Å². The molecule has 0 saturated heterocycles. The SMILES string of the molecule is COCCN(CCOC)Cc1ccc(F)cc1B(O)O. The molecule has 0 aromatic heterocycles. The van der Waals surface area contributed by atoms with Gasteiger partial charge in [0, 0.05) is 33.9 Å². The molecular formula is C13H21BFNO4. The van der Waals surface area contributed by atoms with Gasteiger partial charge in [0.15, 0.2) is 0 Å². The molecule has 1 rings (SSSR count). The maximum Gasteiger partial charge on any atom is 0.488 e. The Hall–Kier alpha value is -0.985. The highest BCUT2D eigenvalue weighted by atomic mass is 19.1. The first-order valence-electron chi connectivity index (χ1n) is 6.43. The van der Waals surface area contributed by atoms with Crippen LogP contribution in [0.3, 0.4) is 0 Å². The Labute approximate surface area is 119 Å². The molecule has 1 aromatic carbocycles. The van der Waals surface area contributed by atoms with Crippen LogP contribution in [-0.2, 0) is 16.0 Å². The molecule has 0 atom stereocenters. The van der Waals surface area contributed by atoms with Gasteiger partial charge in [0.1, 0.15) is 5.82 Å². The van der Waals surface area contributed by atoms with Gasteiger partial charge in [-0.3, -0.25) is 4.90 Å². The minimum absolute atomic E-state index is 0.185. The third-order valence-corrected chi connectivity index (χ3v) is 3.00. The van der Waals surface area contributed by atoms with Crippen molar-refractivity contribution >= 4 is 12.6 Å². The summed E-state index contributed by atoms with van der Waals surface area (Å²) < 4.78 is 23.3. The van der Waals surface area contributed by atoms with Crippen LogP contribution in [0.5, 0.6) is 0 Å². The smallest absolute Gasteiger partial charge is 0.423 e. The van der Waals surface area contributed by atoms with E-state index in [0.29, 0.717) is 38.4 Å². The molecule has 1 aromatic rings. The summed E-state index contributed by atoms with van der Waals surface area (Å²) in [6, 6.07) is 4.02. The van der Waals surface area contributed by atoms with Crippen molar-refractivity contribution in [3.05, 3.63) is 29.6 Å². The van der Waals surface area contributed by atoms with E-state index in [2.05, 4.69) is 0 Å². The average molecular weight is 285 g/mol. The molecule has 0 bridgehead atoms. The third-order valence-electron chi connectivity index (χ3n) is 3.00. The second-order valence-electron chi connectivity index (χ2n) is 4.48. The zero-order valence-corrected chi connectivity index (χ0v) is 11.9. The first-order chi connectivity index (χ1) is 9.58. The second-order valence-corrected chi connectivity index (χ2v) is 4.48. The zero-order valence-electron chi connectivity index (χ0n) is 11.9. The van der Waals surface area contributed by atoms with E-state index >= 15 is 0 Å². The van der Waals surface area contributed by atoms with Crippen LogP contribution in [0.4, 0.5) is 4.39 Å². The fraction of sp³-hybridized carbons (Fsp3) is 0.538. The molecule has 0 aliphatic heterocycles. The summed E-state index contributed by atoms with van der Waals surface area (Å²) in [5.41, 5.74) is 0.860. The van der Waals surface area contributed by atoms with Gasteiger partial charge in [-0.05, 0) is 23.2 Å². The molecule has 0 spiro atoms.